The number of guanidine groups is 1. The third-order valence-corrected chi connectivity index (χ3v) is 6.56. The third-order valence-electron chi connectivity index (χ3n) is 6.56. The van der Waals surface area contributed by atoms with E-state index < -0.39 is 0 Å². The monoisotopic (exact) mass is 513 g/mol. The predicted molar refractivity (Wildman–Crippen MR) is 131 cm³/mol. The summed E-state index contributed by atoms with van der Waals surface area (Å²) >= 11 is 0. The van der Waals surface area contributed by atoms with Gasteiger partial charge in [0.25, 0.3) is 0 Å². The third kappa shape index (κ3) is 5.76. The second-order valence-electron chi connectivity index (χ2n) is 8.47. The molecule has 1 spiro atoms. The highest BCUT2D eigenvalue weighted by atomic mass is 127. The van der Waals surface area contributed by atoms with Crippen LogP contribution in [0, 0.1) is 5.41 Å². The average Bonchev–Trinajstić information content (AvgIpc) is 3.39. The molecule has 0 bridgehead atoms. The van der Waals surface area contributed by atoms with Crippen molar-refractivity contribution in [2.45, 2.75) is 19.3 Å². The number of rotatable bonds is 5. The Morgan fingerprint density at radius 1 is 1.10 bits per heavy atom. The van der Waals surface area contributed by atoms with Crippen LogP contribution >= 0.6 is 24.0 Å². The number of halogens is 1. The molecular formula is C22H36IN5O. The summed E-state index contributed by atoms with van der Waals surface area (Å²) in [6.07, 6.45) is 3.60. The summed E-state index contributed by atoms with van der Waals surface area (Å²) in [7, 11) is 1.90. The van der Waals surface area contributed by atoms with Crippen molar-refractivity contribution < 1.29 is 4.74 Å². The fourth-order valence-electron chi connectivity index (χ4n) is 4.79. The number of nitrogens with zero attached hydrogens (tertiary/aromatic N) is 4. The topological polar surface area (TPSA) is 43.3 Å². The first-order valence-corrected chi connectivity index (χ1v) is 10.8. The standard InChI is InChI=1S/C22H35N5O.HI/c1-23-21(27-12-8-22(18-27)9-17-28-19-22)24-10-5-11-25-13-15-26(16-14-25)20-6-3-2-4-7-20;/h2-4,6-7H,5,8-19H2,1H3,(H,23,24);1H. The zero-order chi connectivity index (χ0) is 19.2. The van der Waals surface area contributed by atoms with E-state index in [1.165, 1.54) is 18.5 Å². The van der Waals surface area contributed by atoms with Crippen molar-refractivity contribution >= 4 is 35.6 Å². The highest BCUT2D eigenvalue weighted by Crippen LogP contribution is 2.38. The van der Waals surface area contributed by atoms with Crippen molar-refractivity contribution in [3.05, 3.63) is 30.3 Å². The molecule has 0 aliphatic carbocycles. The smallest absolute Gasteiger partial charge is 0.193 e. The average molecular weight is 513 g/mol. The van der Waals surface area contributed by atoms with E-state index in [2.05, 4.69) is 55.3 Å². The van der Waals surface area contributed by atoms with Crippen LogP contribution in [0.25, 0.3) is 0 Å². The normalized spacial score (nSPS) is 25.5. The number of para-hydroxylation sites is 1. The first-order valence-electron chi connectivity index (χ1n) is 10.8. The van der Waals surface area contributed by atoms with Crippen molar-refractivity contribution in [2.75, 3.05) is 77.5 Å². The van der Waals surface area contributed by atoms with Crippen LogP contribution in [0.3, 0.4) is 0 Å². The van der Waals surface area contributed by atoms with Gasteiger partial charge in [-0.15, -0.1) is 24.0 Å². The number of piperazine rings is 1. The molecule has 0 radical (unpaired) electrons. The minimum atomic E-state index is 0. The van der Waals surface area contributed by atoms with E-state index in [4.69, 9.17) is 4.74 Å². The number of hydrogen-bond acceptors (Lipinski definition) is 4. The molecule has 3 heterocycles. The lowest BCUT2D eigenvalue weighted by atomic mass is 9.87. The lowest BCUT2D eigenvalue weighted by Crippen LogP contribution is -2.47. The second-order valence-corrected chi connectivity index (χ2v) is 8.47. The Morgan fingerprint density at radius 3 is 2.59 bits per heavy atom. The van der Waals surface area contributed by atoms with E-state index in [0.717, 1.165) is 78.0 Å². The quantitative estimate of drug-likeness (QED) is 0.284. The van der Waals surface area contributed by atoms with Gasteiger partial charge in [0.15, 0.2) is 5.96 Å². The first-order chi connectivity index (χ1) is 13.8. The number of hydrogen-bond donors (Lipinski definition) is 1. The summed E-state index contributed by atoms with van der Waals surface area (Å²) in [5.74, 6) is 1.07. The fourth-order valence-corrected chi connectivity index (χ4v) is 4.79. The van der Waals surface area contributed by atoms with E-state index >= 15 is 0 Å². The largest absolute Gasteiger partial charge is 0.381 e. The van der Waals surface area contributed by atoms with E-state index in [9.17, 15) is 0 Å². The molecule has 6 nitrogen and oxygen atoms in total. The summed E-state index contributed by atoms with van der Waals surface area (Å²) in [6.45, 7) is 10.7. The predicted octanol–water partition coefficient (Wildman–Crippen LogP) is 2.50. The van der Waals surface area contributed by atoms with Gasteiger partial charge in [0.2, 0.25) is 0 Å². The highest BCUT2D eigenvalue weighted by Gasteiger charge is 2.42. The Kier molecular flexibility index (Phi) is 8.44. The van der Waals surface area contributed by atoms with Gasteiger partial charge >= 0.3 is 0 Å². The van der Waals surface area contributed by atoms with E-state index in [1.54, 1.807) is 0 Å². The van der Waals surface area contributed by atoms with Crippen molar-refractivity contribution in [3.63, 3.8) is 0 Å². The number of anilines is 1. The highest BCUT2D eigenvalue weighted by molar-refractivity contribution is 14.0. The molecule has 3 fully saturated rings. The lowest BCUT2D eigenvalue weighted by Gasteiger charge is -2.36. The number of likely N-dealkylation sites (tertiary alicyclic amines) is 1. The van der Waals surface area contributed by atoms with Gasteiger partial charge in [-0.25, -0.2) is 0 Å². The maximum Gasteiger partial charge on any atom is 0.193 e. The molecular weight excluding hydrogens is 477 g/mol. The molecule has 1 unspecified atom stereocenters. The van der Waals surface area contributed by atoms with Crippen LogP contribution in [-0.2, 0) is 4.74 Å². The van der Waals surface area contributed by atoms with Gasteiger partial charge in [0, 0.05) is 70.6 Å². The van der Waals surface area contributed by atoms with Gasteiger partial charge in [-0.2, -0.15) is 0 Å². The van der Waals surface area contributed by atoms with Gasteiger partial charge in [-0.3, -0.25) is 9.89 Å². The van der Waals surface area contributed by atoms with E-state index in [0.29, 0.717) is 5.41 Å². The molecule has 0 amide bonds. The Bertz CT molecular complexity index is 642. The molecule has 3 aliphatic heterocycles. The minimum Gasteiger partial charge on any atom is -0.381 e. The SMILES string of the molecule is CN=C(NCCCN1CCN(c2ccccc2)CC1)N1CCC2(CCOC2)C1.I. The van der Waals surface area contributed by atoms with Crippen LogP contribution in [0.15, 0.2) is 35.3 Å². The Morgan fingerprint density at radius 2 is 1.90 bits per heavy atom. The molecule has 1 aromatic carbocycles. The summed E-state index contributed by atoms with van der Waals surface area (Å²) in [5.41, 5.74) is 1.74. The number of ether oxygens (including phenoxy) is 1. The van der Waals surface area contributed by atoms with Crippen LogP contribution in [0.1, 0.15) is 19.3 Å². The number of nitrogens with one attached hydrogen (secondary N) is 1. The summed E-state index contributed by atoms with van der Waals surface area (Å²) in [4.78, 5) is 12.0. The van der Waals surface area contributed by atoms with Gasteiger partial charge in [-0.1, -0.05) is 18.2 Å². The molecule has 0 saturated carbocycles. The van der Waals surface area contributed by atoms with Crippen molar-refractivity contribution in [2.24, 2.45) is 10.4 Å². The minimum absolute atomic E-state index is 0. The van der Waals surface area contributed by atoms with Crippen LogP contribution in [-0.4, -0.2) is 88.4 Å². The maximum absolute atomic E-state index is 5.65. The van der Waals surface area contributed by atoms with Gasteiger partial charge in [0.05, 0.1) is 6.61 Å². The second kappa shape index (κ2) is 10.8. The van der Waals surface area contributed by atoms with Gasteiger partial charge < -0.3 is 19.9 Å². The summed E-state index contributed by atoms with van der Waals surface area (Å²) in [5, 5.41) is 3.59. The number of aliphatic imine (C=N–C) groups is 1. The van der Waals surface area contributed by atoms with E-state index in [1.807, 2.05) is 7.05 Å². The van der Waals surface area contributed by atoms with Crippen molar-refractivity contribution in [1.29, 1.82) is 0 Å². The molecule has 29 heavy (non-hydrogen) atoms. The van der Waals surface area contributed by atoms with Crippen LogP contribution in [0.5, 0.6) is 0 Å². The van der Waals surface area contributed by atoms with Gasteiger partial charge in [-0.05, 0) is 37.9 Å². The summed E-state index contributed by atoms with van der Waals surface area (Å²) in [6, 6.07) is 10.8. The Hall–Kier alpha value is -1.06. The zero-order valence-electron chi connectivity index (χ0n) is 17.7. The van der Waals surface area contributed by atoms with Crippen LogP contribution in [0.2, 0.25) is 0 Å². The molecule has 1 aromatic rings. The maximum atomic E-state index is 5.65. The van der Waals surface area contributed by atoms with Gasteiger partial charge in [0.1, 0.15) is 0 Å². The molecule has 7 heteroatoms. The Balaban J connectivity index is 0.00000240. The van der Waals surface area contributed by atoms with Crippen LogP contribution < -0.4 is 10.2 Å². The van der Waals surface area contributed by atoms with E-state index in [-0.39, 0.29) is 24.0 Å². The fraction of sp³-hybridized carbons (Fsp3) is 0.682. The van der Waals surface area contributed by atoms with Crippen molar-refractivity contribution in [1.82, 2.24) is 15.1 Å². The molecule has 3 aliphatic rings. The zero-order valence-corrected chi connectivity index (χ0v) is 20.0. The first kappa shape index (κ1) is 22.6. The molecule has 3 saturated heterocycles. The van der Waals surface area contributed by atoms with Crippen LogP contribution in [0.4, 0.5) is 5.69 Å². The molecule has 1 N–H and O–H groups in total. The Labute approximate surface area is 192 Å². The number of benzene rings is 1. The summed E-state index contributed by atoms with van der Waals surface area (Å²) < 4.78 is 5.65. The molecule has 4 rings (SSSR count). The molecule has 162 valence electrons. The molecule has 0 aromatic heterocycles. The lowest BCUT2D eigenvalue weighted by molar-refractivity contribution is 0.156. The van der Waals surface area contributed by atoms with Crippen molar-refractivity contribution in [3.8, 4) is 0 Å². The molecule has 1 atom stereocenters.